The summed E-state index contributed by atoms with van der Waals surface area (Å²) in [6.07, 6.45) is -2.33. The molecule has 2 amide bonds. The molecular weight excluding hydrogens is 623 g/mol. The average molecular weight is 654 g/mol. The van der Waals surface area contributed by atoms with E-state index in [1.807, 2.05) is 35.2 Å². The Hall–Kier alpha value is -4.57. The molecule has 3 atom stereocenters. The standard InChI is InChI=1S/C26H30ClN7O4.C2HF3O2/c1-17(25(37)28-15-20-13-21(27)7-8-22(20)34-16-29-31-32-34)30-26(38)23-14-19(18-5-3-2-4-6-18)9-11-33(23)12-10-24(35)36;3-2(4,5)1(6)7/h2-8,13,16-17,19,23H,9-12,14-15H2,1H3,(H,28,37)(H,30,38)(H,35,36);(H,6,7)/t17?,19-,23+;/m0./s1. The minimum absolute atomic E-state index is 0.0565. The van der Waals surface area contributed by atoms with Gasteiger partial charge in [-0.3, -0.25) is 19.3 Å². The lowest BCUT2D eigenvalue weighted by Crippen LogP contribution is -2.55. The Morgan fingerprint density at radius 1 is 1.11 bits per heavy atom. The maximum absolute atomic E-state index is 13.4. The molecule has 45 heavy (non-hydrogen) atoms. The van der Waals surface area contributed by atoms with Crippen molar-refractivity contribution in [1.82, 2.24) is 35.7 Å². The Balaban J connectivity index is 0.000000707. The molecule has 1 aromatic heterocycles. The van der Waals surface area contributed by atoms with Gasteiger partial charge in [-0.2, -0.15) is 13.2 Å². The summed E-state index contributed by atoms with van der Waals surface area (Å²) in [6, 6.07) is 13.8. The maximum atomic E-state index is 13.4. The molecule has 2 aromatic carbocycles. The Kier molecular flexibility index (Phi) is 12.4. The highest BCUT2D eigenvalue weighted by Gasteiger charge is 2.38. The number of benzene rings is 2. The van der Waals surface area contributed by atoms with Crippen LogP contribution in [0, 0.1) is 0 Å². The predicted octanol–water partition coefficient (Wildman–Crippen LogP) is 2.79. The van der Waals surface area contributed by atoms with Gasteiger partial charge in [0.05, 0.1) is 18.2 Å². The van der Waals surface area contributed by atoms with Crippen LogP contribution >= 0.6 is 11.6 Å². The summed E-state index contributed by atoms with van der Waals surface area (Å²) in [4.78, 5) is 48.2. The van der Waals surface area contributed by atoms with Gasteiger partial charge in [0.1, 0.15) is 12.4 Å². The van der Waals surface area contributed by atoms with E-state index in [4.69, 9.17) is 26.6 Å². The first-order valence-corrected chi connectivity index (χ1v) is 14.0. The van der Waals surface area contributed by atoms with Crippen LogP contribution in [0.5, 0.6) is 0 Å². The molecule has 0 saturated carbocycles. The van der Waals surface area contributed by atoms with E-state index in [0.29, 0.717) is 29.2 Å². The van der Waals surface area contributed by atoms with Crippen LogP contribution in [0.25, 0.3) is 5.69 Å². The zero-order valence-corrected chi connectivity index (χ0v) is 24.7. The Labute approximate surface area is 260 Å². The van der Waals surface area contributed by atoms with Crippen molar-refractivity contribution >= 4 is 35.4 Å². The molecule has 13 nitrogen and oxygen atoms in total. The third-order valence-corrected chi connectivity index (χ3v) is 7.22. The largest absolute Gasteiger partial charge is 0.490 e. The molecule has 1 aliphatic rings. The molecular formula is C28H31ClF3N7O6. The number of carboxylic acid groups (broad SMARTS) is 2. The normalized spacial score (nSPS) is 17.4. The van der Waals surface area contributed by atoms with Crippen LogP contribution in [0.3, 0.4) is 0 Å². The van der Waals surface area contributed by atoms with E-state index in [9.17, 15) is 27.6 Å². The summed E-state index contributed by atoms with van der Waals surface area (Å²) in [5.41, 5.74) is 2.52. The van der Waals surface area contributed by atoms with Crippen LogP contribution in [-0.4, -0.2) is 90.4 Å². The SMILES string of the molecule is CC(NC(=O)[C@H]1C[C@@H](c2ccccc2)CCN1CCC(=O)O)C(=O)NCc1cc(Cl)ccc1-n1cnnn1.O=C(O)C(F)(F)F. The number of carboxylic acids is 2. The Morgan fingerprint density at radius 3 is 2.40 bits per heavy atom. The van der Waals surface area contributed by atoms with E-state index in [1.54, 1.807) is 25.1 Å². The van der Waals surface area contributed by atoms with Crippen LogP contribution < -0.4 is 10.6 Å². The first-order chi connectivity index (χ1) is 21.3. The number of aliphatic carboxylic acids is 2. The van der Waals surface area contributed by atoms with Crippen molar-refractivity contribution < 1.29 is 42.6 Å². The summed E-state index contributed by atoms with van der Waals surface area (Å²) >= 11 is 6.15. The number of aromatic nitrogens is 4. The van der Waals surface area contributed by atoms with Gasteiger partial charge >= 0.3 is 18.1 Å². The van der Waals surface area contributed by atoms with Crippen LogP contribution in [0.2, 0.25) is 5.02 Å². The summed E-state index contributed by atoms with van der Waals surface area (Å²) in [5, 5.41) is 33.6. The lowest BCUT2D eigenvalue weighted by atomic mass is 9.84. The van der Waals surface area contributed by atoms with Gasteiger partial charge in [0.2, 0.25) is 11.8 Å². The molecule has 1 fully saturated rings. The van der Waals surface area contributed by atoms with Gasteiger partial charge in [-0.05, 0) is 72.0 Å². The monoisotopic (exact) mass is 653 g/mol. The van der Waals surface area contributed by atoms with Crippen molar-refractivity contribution in [3.8, 4) is 5.69 Å². The number of hydrogen-bond acceptors (Lipinski definition) is 8. The minimum Gasteiger partial charge on any atom is -0.481 e. The highest BCUT2D eigenvalue weighted by molar-refractivity contribution is 6.30. The molecule has 4 rings (SSSR count). The molecule has 0 bridgehead atoms. The topological polar surface area (TPSA) is 180 Å². The van der Waals surface area contributed by atoms with E-state index >= 15 is 0 Å². The zero-order valence-electron chi connectivity index (χ0n) is 23.9. The van der Waals surface area contributed by atoms with Crippen molar-refractivity contribution in [2.24, 2.45) is 0 Å². The second kappa shape index (κ2) is 15.9. The number of likely N-dealkylation sites (tertiary alicyclic amines) is 1. The van der Waals surface area contributed by atoms with E-state index < -0.39 is 30.2 Å². The second-order valence-corrected chi connectivity index (χ2v) is 10.5. The minimum atomic E-state index is -5.08. The average Bonchev–Trinajstić information content (AvgIpc) is 3.54. The van der Waals surface area contributed by atoms with Crippen molar-refractivity contribution in [2.45, 2.75) is 56.9 Å². The summed E-state index contributed by atoms with van der Waals surface area (Å²) in [7, 11) is 0. The third kappa shape index (κ3) is 10.5. The molecule has 2 heterocycles. The first-order valence-electron chi connectivity index (χ1n) is 13.7. The second-order valence-electron chi connectivity index (χ2n) is 10.1. The van der Waals surface area contributed by atoms with Gasteiger partial charge in [0.15, 0.2) is 0 Å². The molecule has 1 unspecified atom stereocenters. The molecule has 17 heteroatoms. The number of piperidine rings is 1. The zero-order chi connectivity index (χ0) is 33.1. The number of hydrogen-bond donors (Lipinski definition) is 4. The van der Waals surface area contributed by atoms with Crippen LogP contribution in [0.15, 0.2) is 54.9 Å². The number of rotatable bonds is 10. The molecule has 0 spiro atoms. The summed E-state index contributed by atoms with van der Waals surface area (Å²) < 4.78 is 33.2. The summed E-state index contributed by atoms with van der Waals surface area (Å²) in [6.45, 7) is 2.63. The highest BCUT2D eigenvalue weighted by Crippen LogP contribution is 2.32. The van der Waals surface area contributed by atoms with E-state index in [1.165, 1.54) is 11.0 Å². The molecule has 0 aliphatic carbocycles. The number of nitrogens with zero attached hydrogens (tertiary/aromatic N) is 5. The van der Waals surface area contributed by atoms with E-state index in [0.717, 1.165) is 12.0 Å². The Bertz CT molecular complexity index is 1460. The molecule has 242 valence electrons. The van der Waals surface area contributed by atoms with Crippen molar-refractivity contribution in [2.75, 3.05) is 13.1 Å². The molecule has 0 radical (unpaired) electrons. The Morgan fingerprint density at radius 2 is 1.80 bits per heavy atom. The van der Waals surface area contributed by atoms with Crippen molar-refractivity contribution in [3.05, 3.63) is 71.0 Å². The lowest BCUT2D eigenvalue weighted by molar-refractivity contribution is -0.192. The van der Waals surface area contributed by atoms with Crippen molar-refractivity contribution in [1.29, 1.82) is 0 Å². The van der Waals surface area contributed by atoms with Crippen LogP contribution in [-0.2, 0) is 25.7 Å². The fourth-order valence-electron chi connectivity index (χ4n) is 4.72. The number of halogens is 4. The summed E-state index contributed by atoms with van der Waals surface area (Å²) in [5.74, 6) is -4.16. The van der Waals surface area contributed by atoms with E-state index in [2.05, 4.69) is 26.2 Å². The quantitative estimate of drug-likeness (QED) is 0.254. The van der Waals surface area contributed by atoms with Gasteiger partial charge in [-0.15, -0.1) is 5.10 Å². The van der Waals surface area contributed by atoms with Crippen LogP contribution in [0.4, 0.5) is 13.2 Å². The third-order valence-electron chi connectivity index (χ3n) is 6.98. The van der Waals surface area contributed by atoms with Gasteiger partial charge in [-0.1, -0.05) is 41.9 Å². The number of alkyl halides is 3. The lowest BCUT2D eigenvalue weighted by Gasteiger charge is -2.39. The van der Waals surface area contributed by atoms with Gasteiger partial charge in [0, 0.05) is 18.1 Å². The van der Waals surface area contributed by atoms with Gasteiger partial charge in [0.25, 0.3) is 0 Å². The molecule has 4 N–H and O–H groups in total. The maximum Gasteiger partial charge on any atom is 0.490 e. The number of carbonyl (C=O) groups is 4. The number of tetrazole rings is 1. The molecule has 1 saturated heterocycles. The fourth-order valence-corrected chi connectivity index (χ4v) is 4.92. The number of amides is 2. The molecule has 3 aromatic rings. The molecule has 1 aliphatic heterocycles. The van der Waals surface area contributed by atoms with Gasteiger partial charge < -0.3 is 20.8 Å². The van der Waals surface area contributed by atoms with Crippen molar-refractivity contribution in [3.63, 3.8) is 0 Å². The fraction of sp³-hybridized carbons (Fsp3) is 0.393. The predicted molar refractivity (Wildman–Crippen MR) is 153 cm³/mol. The number of nitrogens with one attached hydrogen (secondary N) is 2. The van der Waals surface area contributed by atoms with E-state index in [-0.39, 0.29) is 37.2 Å². The highest BCUT2D eigenvalue weighted by atomic mass is 35.5. The number of carbonyl (C=O) groups excluding carboxylic acids is 2. The van der Waals surface area contributed by atoms with Crippen LogP contribution in [0.1, 0.15) is 43.2 Å². The van der Waals surface area contributed by atoms with Gasteiger partial charge in [-0.25, -0.2) is 9.48 Å². The first kappa shape index (κ1) is 34.9. The smallest absolute Gasteiger partial charge is 0.481 e.